The molecule has 0 saturated heterocycles. The minimum absolute atomic E-state index is 0.441. The second-order valence-electron chi connectivity index (χ2n) is 4.31. The van der Waals surface area contributed by atoms with Crippen molar-refractivity contribution in [1.29, 1.82) is 0 Å². The lowest BCUT2D eigenvalue weighted by molar-refractivity contribution is -0.137. The minimum atomic E-state index is -4.29. The molecule has 0 atom stereocenters. The number of nitrogens with zero attached hydrogens (tertiary/aromatic N) is 2. The highest BCUT2D eigenvalue weighted by atomic mass is 19.4. The first-order chi connectivity index (χ1) is 7.89. The van der Waals surface area contributed by atoms with Gasteiger partial charge >= 0.3 is 6.18 Å². The molecule has 1 aromatic rings. The minimum Gasteiger partial charge on any atom is -0.315 e. The molecule has 0 unspecified atom stereocenters. The van der Waals surface area contributed by atoms with Crippen molar-refractivity contribution in [3.8, 4) is 0 Å². The van der Waals surface area contributed by atoms with Crippen molar-refractivity contribution in [2.45, 2.75) is 45.5 Å². The standard InChI is InChI=1S/C11H18F3N3/c1-9(2)15-5-3-4-6-17-8-10(7-16-17)11(12,13)14/h7-9,15H,3-6H2,1-2H3. The summed E-state index contributed by atoms with van der Waals surface area (Å²) in [5.41, 5.74) is -0.683. The van der Waals surface area contributed by atoms with Gasteiger partial charge in [-0.05, 0) is 19.4 Å². The second kappa shape index (κ2) is 6.05. The molecule has 0 radical (unpaired) electrons. The molecule has 0 saturated carbocycles. The summed E-state index contributed by atoms with van der Waals surface area (Å²) in [5, 5.41) is 6.94. The fraction of sp³-hybridized carbons (Fsp3) is 0.727. The van der Waals surface area contributed by atoms with E-state index in [2.05, 4.69) is 24.3 Å². The van der Waals surface area contributed by atoms with Crippen LogP contribution in [0, 0.1) is 0 Å². The molecule has 0 amide bonds. The van der Waals surface area contributed by atoms with Crippen LogP contribution < -0.4 is 5.32 Å². The number of aromatic nitrogens is 2. The SMILES string of the molecule is CC(C)NCCCCn1cc(C(F)(F)F)cn1. The summed E-state index contributed by atoms with van der Waals surface area (Å²) in [6.07, 6.45) is -0.627. The Morgan fingerprint density at radius 2 is 2.06 bits per heavy atom. The van der Waals surface area contributed by atoms with Crippen molar-refractivity contribution in [2.75, 3.05) is 6.54 Å². The zero-order valence-corrected chi connectivity index (χ0v) is 10.1. The number of alkyl halides is 3. The highest BCUT2D eigenvalue weighted by molar-refractivity contribution is 5.08. The molecule has 6 heteroatoms. The summed E-state index contributed by atoms with van der Waals surface area (Å²) >= 11 is 0. The lowest BCUT2D eigenvalue weighted by Gasteiger charge is -2.07. The normalized spacial score (nSPS) is 12.4. The van der Waals surface area contributed by atoms with Gasteiger partial charge in [0.2, 0.25) is 0 Å². The Labute approximate surface area is 99.0 Å². The fourth-order valence-electron chi connectivity index (χ4n) is 1.42. The molecule has 17 heavy (non-hydrogen) atoms. The molecule has 0 bridgehead atoms. The van der Waals surface area contributed by atoms with Gasteiger partial charge in [0, 0.05) is 18.8 Å². The molecule has 98 valence electrons. The highest BCUT2D eigenvalue weighted by Crippen LogP contribution is 2.28. The third kappa shape index (κ3) is 5.21. The first-order valence-corrected chi connectivity index (χ1v) is 5.72. The summed E-state index contributed by atoms with van der Waals surface area (Å²) in [5.74, 6) is 0. The van der Waals surface area contributed by atoms with Gasteiger partial charge in [0.15, 0.2) is 0 Å². The molecule has 0 fully saturated rings. The first-order valence-electron chi connectivity index (χ1n) is 5.72. The Kier molecular flexibility index (Phi) is 4.99. The molecule has 0 aliphatic heterocycles. The van der Waals surface area contributed by atoms with Gasteiger partial charge in [-0.3, -0.25) is 4.68 Å². The van der Waals surface area contributed by atoms with Crippen LogP contribution in [0.5, 0.6) is 0 Å². The van der Waals surface area contributed by atoms with E-state index in [1.807, 2.05) is 0 Å². The summed E-state index contributed by atoms with van der Waals surface area (Å²) in [6.45, 7) is 5.52. The third-order valence-electron chi connectivity index (χ3n) is 2.33. The fourth-order valence-corrected chi connectivity index (χ4v) is 1.42. The molecule has 0 aliphatic rings. The van der Waals surface area contributed by atoms with Gasteiger partial charge < -0.3 is 5.32 Å². The predicted octanol–water partition coefficient (Wildman–Crippen LogP) is 2.68. The molecule has 1 N–H and O–H groups in total. The molecule has 0 aliphatic carbocycles. The number of halogens is 3. The van der Waals surface area contributed by atoms with Gasteiger partial charge in [0.1, 0.15) is 0 Å². The van der Waals surface area contributed by atoms with Gasteiger partial charge in [-0.25, -0.2) is 0 Å². The van der Waals surface area contributed by atoms with E-state index in [1.54, 1.807) is 0 Å². The first kappa shape index (κ1) is 14.0. The van der Waals surface area contributed by atoms with Crippen molar-refractivity contribution in [3.05, 3.63) is 18.0 Å². The Balaban J connectivity index is 2.26. The summed E-state index contributed by atoms with van der Waals surface area (Å²) < 4.78 is 38.2. The topological polar surface area (TPSA) is 29.9 Å². The van der Waals surface area contributed by atoms with Crippen LogP contribution in [-0.4, -0.2) is 22.4 Å². The Hall–Kier alpha value is -1.04. The van der Waals surface area contributed by atoms with Gasteiger partial charge in [0.25, 0.3) is 0 Å². The number of rotatable bonds is 6. The molecule has 1 heterocycles. The van der Waals surface area contributed by atoms with Gasteiger partial charge in [0.05, 0.1) is 11.8 Å². The van der Waals surface area contributed by atoms with Crippen LogP contribution in [0.1, 0.15) is 32.3 Å². The summed E-state index contributed by atoms with van der Waals surface area (Å²) in [4.78, 5) is 0. The maximum absolute atomic E-state index is 12.3. The van der Waals surface area contributed by atoms with Crippen molar-refractivity contribution < 1.29 is 13.2 Å². The van der Waals surface area contributed by atoms with Crippen LogP contribution in [-0.2, 0) is 12.7 Å². The van der Waals surface area contributed by atoms with Crippen LogP contribution in [0.15, 0.2) is 12.4 Å². The van der Waals surface area contributed by atoms with E-state index in [4.69, 9.17) is 0 Å². The maximum Gasteiger partial charge on any atom is 0.419 e. The third-order valence-corrected chi connectivity index (χ3v) is 2.33. The van der Waals surface area contributed by atoms with Crippen LogP contribution in [0.25, 0.3) is 0 Å². The van der Waals surface area contributed by atoms with Gasteiger partial charge in [-0.1, -0.05) is 13.8 Å². The monoisotopic (exact) mass is 249 g/mol. The zero-order chi connectivity index (χ0) is 12.9. The molecular weight excluding hydrogens is 231 g/mol. The van der Waals surface area contributed by atoms with Gasteiger partial charge in [-0.15, -0.1) is 0 Å². The quantitative estimate of drug-likeness (QED) is 0.785. The molecular formula is C11H18F3N3. The van der Waals surface area contributed by atoms with E-state index < -0.39 is 11.7 Å². The lowest BCUT2D eigenvalue weighted by atomic mass is 10.3. The Bertz CT molecular complexity index is 331. The molecule has 3 nitrogen and oxygen atoms in total. The van der Waals surface area contributed by atoms with E-state index in [1.165, 1.54) is 4.68 Å². The summed E-state index contributed by atoms with van der Waals surface area (Å²) in [6, 6.07) is 0.441. The number of unbranched alkanes of at least 4 members (excludes halogenated alkanes) is 1. The number of aryl methyl sites for hydroxylation is 1. The van der Waals surface area contributed by atoms with E-state index in [-0.39, 0.29) is 0 Å². The van der Waals surface area contributed by atoms with E-state index >= 15 is 0 Å². The second-order valence-corrected chi connectivity index (χ2v) is 4.31. The van der Waals surface area contributed by atoms with Crippen molar-refractivity contribution in [3.63, 3.8) is 0 Å². The molecule has 1 aromatic heterocycles. The highest BCUT2D eigenvalue weighted by Gasteiger charge is 2.31. The average molecular weight is 249 g/mol. The smallest absolute Gasteiger partial charge is 0.315 e. The maximum atomic E-state index is 12.3. The molecule has 0 aromatic carbocycles. The van der Waals surface area contributed by atoms with Crippen LogP contribution in [0.4, 0.5) is 13.2 Å². The van der Waals surface area contributed by atoms with E-state index in [0.29, 0.717) is 12.6 Å². The molecule has 1 rings (SSSR count). The van der Waals surface area contributed by atoms with Crippen molar-refractivity contribution in [1.82, 2.24) is 15.1 Å². The van der Waals surface area contributed by atoms with Gasteiger partial charge in [-0.2, -0.15) is 18.3 Å². The largest absolute Gasteiger partial charge is 0.419 e. The zero-order valence-electron chi connectivity index (χ0n) is 10.1. The van der Waals surface area contributed by atoms with E-state index in [0.717, 1.165) is 31.8 Å². The lowest BCUT2D eigenvalue weighted by Crippen LogP contribution is -2.23. The van der Waals surface area contributed by atoms with Crippen LogP contribution >= 0.6 is 0 Å². The van der Waals surface area contributed by atoms with Crippen molar-refractivity contribution >= 4 is 0 Å². The summed E-state index contributed by atoms with van der Waals surface area (Å²) in [7, 11) is 0. The van der Waals surface area contributed by atoms with E-state index in [9.17, 15) is 13.2 Å². The Morgan fingerprint density at radius 3 is 2.59 bits per heavy atom. The average Bonchev–Trinajstić information content (AvgIpc) is 2.64. The van der Waals surface area contributed by atoms with Crippen molar-refractivity contribution in [2.24, 2.45) is 0 Å². The molecule has 0 spiro atoms. The number of nitrogens with one attached hydrogen (secondary N) is 1. The number of hydrogen-bond acceptors (Lipinski definition) is 2. The number of hydrogen-bond donors (Lipinski definition) is 1. The van der Waals surface area contributed by atoms with Crippen LogP contribution in [0.3, 0.4) is 0 Å². The predicted molar refractivity (Wildman–Crippen MR) is 59.6 cm³/mol. The Morgan fingerprint density at radius 1 is 1.35 bits per heavy atom. The van der Waals surface area contributed by atoms with Crippen LogP contribution in [0.2, 0.25) is 0 Å².